The summed E-state index contributed by atoms with van der Waals surface area (Å²) < 4.78 is 1.90. The van der Waals surface area contributed by atoms with Crippen molar-refractivity contribution in [2.24, 2.45) is 11.7 Å². The summed E-state index contributed by atoms with van der Waals surface area (Å²) in [7, 11) is 0. The number of carbonyl (C=O) groups is 2. The number of primary amides is 1. The van der Waals surface area contributed by atoms with Crippen molar-refractivity contribution >= 4 is 23.6 Å². The standard InChI is InChI=1S/C22H32N6O2S/c1-16(2)17-6-8-19(9-7-17)28-15-25-26-22(28)31-14-20(29)24-10-4-12-27-11-3-5-18(13-27)21(23)30/h6-9,15-16,18H,3-5,10-14H2,1-2H3,(H2,23,30)(H,24,29). The van der Waals surface area contributed by atoms with E-state index in [0.717, 1.165) is 44.6 Å². The second-order valence-corrected chi connectivity index (χ2v) is 9.21. The molecule has 9 heteroatoms. The number of nitrogens with one attached hydrogen (secondary N) is 1. The van der Waals surface area contributed by atoms with Crippen LogP contribution in [0.2, 0.25) is 0 Å². The molecule has 0 radical (unpaired) electrons. The van der Waals surface area contributed by atoms with Crippen molar-refractivity contribution in [2.75, 3.05) is 31.9 Å². The third-order valence-electron chi connectivity index (χ3n) is 5.57. The zero-order chi connectivity index (χ0) is 22.2. The zero-order valence-electron chi connectivity index (χ0n) is 18.3. The van der Waals surface area contributed by atoms with Crippen LogP contribution in [-0.2, 0) is 9.59 Å². The number of hydrogen-bond acceptors (Lipinski definition) is 6. The molecule has 2 heterocycles. The Bertz CT molecular complexity index is 867. The van der Waals surface area contributed by atoms with Gasteiger partial charge in [-0.3, -0.25) is 14.2 Å². The fraction of sp³-hybridized carbons (Fsp3) is 0.545. The summed E-state index contributed by atoms with van der Waals surface area (Å²) in [6.07, 6.45) is 4.40. The van der Waals surface area contributed by atoms with Gasteiger partial charge in [0, 0.05) is 18.8 Å². The minimum Gasteiger partial charge on any atom is -0.369 e. The molecule has 2 amide bonds. The van der Waals surface area contributed by atoms with E-state index in [9.17, 15) is 9.59 Å². The molecule has 8 nitrogen and oxygen atoms in total. The van der Waals surface area contributed by atoms with Crippen molar-refractivity contribution in [1.29, 1.82) is 0 Å². The number of piperidine rings is 1. The van der Waals surface area contributed by atoms with Crippen LogP contribution < -0.4 is 11.1 Å². The number of amides is 2. The molecular weight excluding hydrogens is 412 g/mol. The van der Waals surface area contributed by atoms with Gasteiger partial charge in [0.05, 0.1) is 11.7 Å². The average Bonchev–Trinajstić information content (AvgIpc) is 3.24. The molecule has 0 aliphatic carbocycles. The minimum atomic E-state index is -0.209. The third-order valence-corrected chi connectivity index (χ3v) is 6.51. The molecule has 1 aromatic carbocycles. The summed E-state index contributed by atoms with van der Waals surface area (Å²) in [5.74, 6) is 0.490. The van der Waals surface area contributed by atoms with Crippen molar-refractivity contribution in [3.63, 3.8) is 0 Å². The van der Waals surface area contributed by atoms with Crippen LogP contribution in [0.15, 0.2) is 35.7 Å². The number of aromatic nitrogens is 3. The second-order valence-electron chi connectivity index (χ2n) is 8.26. The van der Waals surface area contributed by atoms with Crippen LogP contribution in [0.3, 0.4) is 0 Å². The molecule has 0 saturated carbocycles. The maximum Gasteiger partial charge on any atom is 0.230 e. The van der Waals surface area contributed by atoms with Gasteiger partial charge in [0.1, 0.15) is 6.33 Å². The minimum absolute atomic E-state index is 0.0247. The van der Waals surface area contributed by atoms with Gasteiger partial charge in [0.15, 0.2) is 5.16 Å². The lowest BCUT2D eigenvalue weighted by Gasteiger charge is -2.31. The Balaban J connectivity index is 1.39. The molecule has 1 fully saturated rings. The average molecular weight is 445 g/mol. The monoisotopic (exact) mass is 444 g/mol. The first-order valence-electron chi connectivity index (χ1n) is 10.9. The van der Waals surface area contributed by atoms with E-state index in [0.29, 0.717) is 17.6 Å². The summed E-state index contributed by atoms with van der Waals surface area (Å²) >= 11 is 1.37. The number of thioether (sulfide) groups is 1. The van der Waals surface area contributed by atoms with Crippen molar-refractivity contribution in [1.82, 2.24) is 25.0 Å². The maximum absolute atomic E-state index is 12.2. The summed E-state index contributed by atoms with van der Waals surface area (Å²) in [6, 6.07) is 8.31. The Morgan fingerprint density at radius 2 is 2.06 bits per heavy atom. The fourth-order valence-corrected chi connectivity index (χ4v) is 4.48. The lowest BCUT2D eigenvalue weighted by molar-refractivity contribution is -0.123. The van der Waals surface area contributed by atoms with Crippen molar-refractivity contribution < 1.29 is 9.59 Å². The normalized spacial score (nSPS) is 17.1. The maximum atomic E-state index is 12.2. The molecule has 31 heavy (non-hydrogen) atoms. The number of rotatable bonds is 10. The summed E-state index contributed by atoms with van der Waals surface area (Å²) in [4.78, 5) is 25.9. The summed E-state index contributed by atoms with van der Waals surface area (Å²) in [6.45, 7) is 7.52. The highest BCUT2D eigenvalue weighted by atomic mass is 32.2. The van der Waals surface area contributed by atoms with Crippen LogP contribution in [0.25, 0.3) is 5.69 Å². The van der Waals surface area contributed by atoms with Crippen LogP contribution in [0, 0.1) is 5.92 Å². The second kappa shape index (κ2) is 11.3. The molecule has 1 atom stereocenters. The molecule has 0 bridgehead atoms. The Hall–Kier alpha value is -2.39. The SMILES string of the molecule is CC(C)c1ccc(-n2cnnc2SCC(=O)NCCCN2CCCC(C(N)=O)C2)cc1. The Morgan fingerprint density at radius 1 is 1.29 bits per heavy atom. The number of nitrogens with two attached hydrogens (primary N) is 1. The van der Waals surface area contributed by atoms with Gasteiger partial charge >= 0.3 is 0 Å². The topological polar surface area (TPSA) is 106 Å². The Morgan fingerprint density at radius 3 is 2.77 bits per heavy atom. The summed E-state index contributed by atoms with van der Waals surface area (Å²) in [5, 5.41) is 11.8. The van der Waals surface area contributed by atoms with Crippen molar-refractivity contribution in [3.8, 4) is 5.69 Å². The fourth-order valence-electron chi connectivity index (χ4n) is 3.72. The number of benzene rings is 1. The van der Waals surface area contributed by atoms with Crippen LogP contribution in [0.4, 0.5) is 0 Å². The predicted octanol–water partition coefficient (Wildman–Crippen LogP) is 2.19. The lowest BCUT2D eigenvalue weighted by atomic mass is 9.97. The van der Waals surface area contributed by atoms with Gasteiger partial charge in [-0.05, 0) is 56.0 Å². The number of hydrogen-bond donors (Lipinski definition) is 2. The molecule has 0 spiro atoms. The van der Waals surface area contributed by atoms with Gasteiger partial charge in [-0.2, -0.15) is 0 Å². The number of nitrogens with zero attached hydrogens (tertiary/aromatic N) is 4. The van der Waals surface area contributed by atoms with Gasteiger partial charge < -0.3 is 16.0 Å². The van der Waals surface area contributed by atoms with Crippen molar-refractivity contribution in [2.45, 2.75) is 44.2 Å². The van der Waals surface area contributed by atoms with Gasteiger partial charge in [-0.25, -0.2) is 0 Å². The molecule has 3 N–H and O–H groups in total. The largest absolute Gasteiger partial charge is 0.369 e. The van der Waals surface area contributed by atoms with Crippen LogP contribution in [0.1, 0.15) is 44.6 Å². The zero-order valence-corrected chi connectivity index (χ0v) is 19.1. The van der Waals surface area contributed by atoms with Crippen molar-refractivity contribution in [3.05, 3.63) is 36.2 Å². The molecule has 1 saturated heterocycles. The smallest absolute Gasteiger partial charge is 0.230 e. The van der Waals surface area contributed by atoms with Gasteiger partial charge in [0.25, 0.3) is 0 Å². The molecule has 1 aromatic heterocycles. The van der Waals surface area contributed by atoms with Crippen LogP contribution in [-0.4, -0.2) is 63.4 Å². The van der Waals surface area contributed by atoms with E-state index in [1.54, 1.807) is 6.33 Å². The Labute approximate surface area is 188 Å². The van der Waals surface area contributed by atoms with E-state index in [-0.39, 0.29) is 23.5 Å². The number of likely N-dealkylation sites (tertiary alicyclic amines) is 1. The van der Waals surface area contributed by atoms with Gasteiger partial charge in [-0.15, -0.1) is 10.2 Å². The quantitative estimate of drug-likeness (QED) is 0.430. The predicted molar refractivity (Wildman–Crippen MR) is 122 cm³/mol. The van der Waals surface area contributed by atoms with E-state index >= 15 is 0 Å². The third kappa shape index (κ3) is 6.80. The highest BCUT2D eigenvalue weighted by Crippen LogP contribution is 2.22. The first-order valence-corrected chi connectivity index (χ1v) is 11.8. The highest BCUT2D eigenvalue weighted by molar-refractivity contribution is 7.99. The van der Waals surface area contributed by atoms with Crippen LogP contribution in [0.5, 0.6) is 0 Å². The van der Waals surface area contributed by atoms with E-state index < -0.39 is 0 Å². The molecule has 1 aliphatic rings. The van der Waals surface area contributed by atoms with E-state index in [4.69, 9.17) is 5.73 Å². The molecule has 1 unspecified atom stereocenters. The first kappa shape index (κ1) is 23.3. The Kier molecular flexibility index (Phi) is 8.48. The molecule has 168 valence electrons. The van der Waals surface area contributed by atoms with Gasteiger partial charge in [0.2, 0.25) is 11.8 Å². The first-order chi connectivity index (χ1) is 14.9. The lowest BCUT2D eigenvalue weighted by Crippen LogP contribution is -2.42. The molecule has 1 aliphatic heterocycles. The summed E-state index contributed by atoms with van der Waals surface area (Å²) in [5.41, 5.74) is 7.69. The number of carbonyl (C=O) groups excluding carboxylic acids is 2. The molecule has 2 aromatic rings. The van der Waals surface area contributed by atoms with E-state index in [1.165, 1.54) is 17.3 Å². The molecular formula is C22H32N6O2S. The van der Waals surface area contributed by atoms with Gasteiger partial charge in [-0.1, -0.05) is 37.7 Å². The molecule has 3 rings (SSSR count). The van der Waals surface area contributed by atoms with E-state index in [2.05, 4.69) is 46.4 Å². The highest BCUT2D eigenvalue weighted by Gasteiger charge is 2.23. The van der Waals surface area contributed by atoms with E-state index in [1.807, 2.05) is 16.7 Å². The van der Waals surface area contributed by atoms with Crippen LogP contribution >= 0.6 is 11.8 Å².